The van der Waals surface area contributed by atoms with E-state index in [-0.39, 0.29) is 23.4 Å². The second-order valence-corrected chi connectivity index (χ2v) is 12.4. The molecule has 9 heteroatoms. The molecule has 2 amide bonds. The van der Waals surface area contributed by atoms with Crippen molar-refractivity contribution in [2.45, 2.75) is 57.5 Å². The Morgan fingerprint density at radius 3 is 2.13 bits per heavy atom. The van der Waals surface area contributed by atoms with E-state index in [1.54, 1.807) is 43.3 Å². The predicted molar refractivity (Wildman–Crippen MR) is 159 cm³/mol. The standard InChI is InChI=1S/C30H36BrN3O4S/c1-5-23(3)32-30(36)24(4)33(20-19-25-9-7-6-8-10-25)29(35)21-34(27-15-13-26(31)14-16-27)39(37,38)28-17-11-22(2)12-18-28/h6-18,23-24H,5,19-21H2,1-4H3,(H,32,36). The number of aryl methyl sites for hydroxylation is 1. The maximum Gasteiger partial charge on any atom is 0.264 e. The van der Waals surface area contributed by atoms with Gasteiger partial charge in [-0.15, -0.1) is 0 Å². The molecular weight excluding hydrogens is 578 g/mol. The number of halogens is 1. The fourth-order valence-corrected chi connectivity index (χ4v) is 5.69. The van der Waals surface area contributed by atoms with Crippen LogP contribution in [0.1, 0.15) is 38.3 Å². The van der Waals surface area contributed by atoms with Crippen LogP contribution in [-0.2, 0) is 26.0 Å². The topological polar surface area (TPSA) is 86.8 Å². The fraction of sp³-hybridized carbons (Fsp3) is 0.333. The molecule has 0 aliphatic carbocycles. The van der Waals surface area contributed by atoms with Crippen LogP contribution in [0.25, 0.3) is 0 Å². The van der Waals surface area contributed by atoms with Crippen molar-refractivity contribution in [1.82, 2.24) is 10.2 Å². The molecule has 7 nitrogen and oxygen atoms in total. The summed E-state index contributed by atoms with van der Waals surface area (Å²) in [5.74, 6) is -0.737. The average Bonchev–Trinajstić information content (AvgIpc) is 2.93. The zero-order valence-corrected chi connectivity index (χ0v) is 25.2. The molecule has 208 valence electrons. The summed E-state index contributed by atoms with van der Waals surface area (Å²) in [7, 11) is -4.08. The first kappa shape index (κ1) is 30.4. The van der Waals surface area contributed by atoms with Gasteiger partial charge in [-0.2, -0.15) is 0 Å². The molecule has 0 heterocycles. The highest BCUT2D eigenvalue weighted by Crippen LogP contribution is 2.26. The Morgan fingerprint density at radius 2 is 1.54 bits per heavy atom. The number of carbonyl (C=O) groups is 2. The van der Waals surface area contributed by atoms with E-state index in [9.17, 15) is 18.0 Å². The third-order valence-corrected chi connectivity index (χ3v) is 8.97. The molecule has 3 aromatic rings. The number of nitrogens with one attached hydrogen (secondary N) is 1. The van der Waals surface area contributed by atoms with E-state index in [2.05, 4.69) is 21.2 Å². The Hall–Kier alpha value is -3.17. The lowest BCUT2D eigenvalue weighted by atomic mass is 10.1. The number of nitrogens with zero attached hydrogens (tertiary/aromatic N) is 2. The van der Waals surface area contributed by atoms with Gasteiger partial charge in [-0.3, -0.25) is 13.9 Å². The number of sulfonamides is 1. The minimum atomic E-state index is -4.08. The normalized spacial score (nSPS) is 12.8. The summed E-state index contributed by atoms with van der Waals surface area (Å²) in [6.45, 7) is 7.25. The third kappa shape index (κ3) is 8.16. The summed E-state index contributed by atoms with van der Waals surface area (Å²) in [6.07, 6.45) is 1.28. The lowest BCUT2D eigenvalue weighted by molar-refractivity contribution is -0.139. The van der Waals surface area contributed by atoms with E-state index < -0.39 is 28.5 Å². The van der Waals surface area contributed by atoms with Crippen LogP contribution in [0.15, 0.2) is 88.2 Å². The van der Waals surface area contributed by atoms with Crippen molar-refractivity contribution in [3.63, 3.8) is 0 Å². The number of hydrogen-bond acceptors (Lipinski definition) is 4. The lowest BCUT2D eigenvalue weighted by Crippen LogP contribution is -2.53. The van der Waals surface area contributed by atoms with Crippen LogP contribution in [0.2, 0.25) is 0 Å². The van der Waals surface area contributed by atoms with Gasteiger partial charge in [0.05, 0.1) is 10.6 Å². The number of anilines is 1. The molecule has 1 N–H and O–H groups in total. The largest absolute Gasteiger partial charge is 0.352 e. The van der Waals surface area contributed by atoms with Crippen molar-refractivity contribution in [3.8, 4) is 0 Å². The van der Waals surface area contributed by atoms with E-state index in [0.29, 0.717) is 12.1 Å². The molecule has 0 radical (unpaired) electrons. The molecule has 0 saturated carbocycles. The second kappa shape index (κ2) is 13.8. The van der Waals surface area contributed by atoms with Gasteiger partial charge in [0, 0.05) is 17.1 Å². The summed E-state index contributed by atoms with van der Waals surface area (Å²) in [5, 5.41) is 2.95. The van der Waals surface area contributed by atoms with Crippen LogP contribution in [0, 0.1) is 6.92 Å². The summed E-state index contributed by atoms with van der Waals surface area (Å²) < 4.78 is 29.5. The molecule has 3 rings (SSSR count). The van der Waals surface area contributed by atoms with E-state index in [0.717, 1.165) is 26.3 Å². The molecule has 39 heavy (non-hydrogen) atoms. The number of rotatable bonds is 12. The molecule has 0 aliphatic rings. The molecular formula is C30H36BrN3O4S. The quantitative estimate of drug-likeness (QED) is 0.299. The van der Waals surface area contributed by atoms with Gasteiger partial charge < -0.3 is 10.2 Å². The summed E-state index contributed by atoms with van der Waals surface area (Å²) in [4.78, 5) is 28.5. The summed E-state index contributed by atoms with van der Waals surface area (Å²) in [6, 6.07) is 22.1. The van der Waals surface area contributed by atoms with Crippen molar-refractivity contribution >= 4 is 43.5 Å². The van der Waals surface area contributed by atoms with Crippen LogP contribution in [0.5, 0.6) is 0 Å². The van der Waals surface area contributed by atoms with E-state index in [1.165, 1.54) is 17.0 Å². The molecule has 0 saturated heterocycles. The van der Waals surface area contributed by atoms with Gasteiger partial charge in [0.25, 0.3) is 10.0 Å². The molecule has 2 atom stereocenters. The Morgan fingerprint density at radius 1 is 0.923 bits per heavy atom. The highest BCUT2D eigenvalue weighted by molar-refractivity contribution is 9.10. The number of hydrogen-bond donors (Lipinski definition) is 1. The minimum absolute atomic E-state index is 0.0489. The first-order chi connectivity index (χ1) is 18.5. The number of benzene rings is 3. The van der Waals surface area contributed by atoms with Crippen LogP contribution in [-0.4, -0.2) is 50.3 Å². The Balaban J connectivity index is 1.96. The maximum absolute atomic E-state index is 13.9. The molecule has 0 bridgehead atoms. The van der Waals surface area contributed by atoms with Gasteiger partial charge >= 0.3 is 0 Å². The van der Waals surface area contributed by atoms with Crippen molar-refractivity contribution in [3.05, 3.63) is 94.5 Å². The number of amides is 2. The van der Waals surface area contributed by atoms with Gasteiger partial charge in [0.1, 0.15) is 12.6 Å². The molecule has 3 aromatic carbocycles. The average molecular weight is 615 g/mol. The minimum Gasteiger partial charge on any atom is -0.352 e. The van der Waals surface area contributed by atoms with Gasteiger partial charge in [0.15, 0.2) is 0 Å². The summed E-state index contributed by atoms with van der Waals surface area (Å²) >= 11 is 3.39. The van der Waals surface area contributed by atoms with Crippen LogP contribution in [0.3, 0.4) is 0 Å². The monoisotopic (exact) mass is 613 g/mol. The van der Waals surface area contributed by atoms with E-state index >= 15 is 0 Å². The summed E-state index contributed by atoms with van der Waals surface area (Å²) in [5.41, 5.74) is 2.29. The lowest BCUT2D eigenvalue weighted by Gasteiger charge is -2.32. The van der Waals surface area contributed by atoms with E-state index in [1.807, 2.05) is 51.1 Å². The zero-order chi connectivity index (χ0) is 28.6. The first-order valence-electron chi connectivity index (χ1n) is 13.0. The van der Waals surface area contributed by atoms with Crippen LogP contribution >= 0.6 is 15.9 Å². The van der Waals surface area contributed by atoms with Crippen molar-refractivity contribution < 1.29 is 18.0 Å². The Labute approximate surface area is 240 Å². The van der Waals surface area contributed by atoms with Crippen molar-refractivity contribution in [2.24, 2.45) is 0 Å². The molecule has 0 aromatic heterocycles. The Bertz CT molecular complexity index is 1350. The van der Waals surface area contributed by atoms with Crippen LogP contribution in [0.4, 0.5) is 5.69 Å². The van der Waals surface area contributed by atoms with Crippen LogP contribution < -0.4 is 9.62 Å². The highest BCUT2D eigenvalue weighted by Gasteiger charge is 2.32. The van der Waals surface area contributed by atoms with Gasteiger partial charge in [0.2, 0.25) is 11.8 Å². The number of carbonyl (C=O) groups excluding carboxylic acids is 2. The molecule has 0 spiro atoms. The van der Waals surface area contributed by atoms with Gasteiger partial charge in [-0.1, -0.05) is 70.9 Å². The van der Waals surface area contributed by atoms with E-state index in [4.69, 9.17) is 0 Å². The first-order valence-corrected chi connectivity index (χ1v) is 15.2. The SMILES string of the molecule is CCC(C)NC(=O)C(C)N(CCc1ccccc1)C(=O)CN(c1ccc(Br)cc1)S(=O)(=O)c1ccc(C)cc1. The molecule has 0 fully saturated rings. The molecule has 0 aliphatic heterocycles. The fourth-order valence-electron chi connectivity index (χ4n) is 4.01. The molecule has 2 unspecified atom stereocenters. The van der Waals surface area contributed by atoms with Crippen molar-refractivity contribution in [2.75, 3.05) is 17.4 Å². The maximum atomic E-state index is 13.9. The second-order valence-electron chi connectivity index (χ2n) is 9.62. The van der Waals surface area contributed by atoms with Gasteiger partial charge in [-0.05, 0) is 75.6 Å². The zero-order valence-electron chi connectivity index (χ0n) is 22.8. The predicted octanol–water partition coefficient (Wildman–Crippen LogP) is 5.33. The highest BCUT2D eigenvalue weighted by atomic mass is 79.9. The Kier molecular flexibility index (Phi) is 10.7. The third-order valence-electron chi connectivity index (χ3n) is 6.65. The van der Waals surface area contributed by atoms with Gasteiger partial charge in [-0.25, -0.2) is 8.42 Å². The smallest absolute Gasteiger partial charge is 0.264 e. The van der Waals surface area contributed by atoms with Crippen molar-refractivity contribution in [1.29, 1.82) is 0 Å².